The summed E-state index contributed by atoms with van der Waals surface area (Å²) in [6.07, 6.45) is 1.84. The van der Waals surface area contributed by atoms with Crippen LogP contribution in [0.25, 0.3) is 0 Å². The van der Waals surface area contributed by atoms with E-state index in [4.69, 9.17) is 0 Å². The molecule has 0 spiro atoms. The maximum absolute atomic E-state index is 9.94. The molecule has 1 rings (SSSR count). The molecule has 0 bridgehead atoms. The second kappa shape index (κ2) is 6.18. The van der Waals surface area contributed by atoms with Crippen molar-refractivity contribution in [2.24, 2.45) is 0 Å². The molecule has 2 unspecified atom stereocenters. The van der Waals surface area contributed by atoms with Gasteiger partial charge in [-0.2, -0.15) is 0 Å². The number of hydrogen-bond donors (Lipinski definition) is 2. The fourth-order valence-electron chi connectivity index (χ4n) is 1.66. The number of hydrogen-bond acceptors (Lipinski definition) is 2. The minimum atomic E-state index is -0.613. The minimum Gasteiger partial charge on any atom is -0.389 e. The molecule has 96 valence electrons. The monoisotopic (exact) mass is 235 g/mol. The summed E-state index contributed by atoms with van der Waals surface area (Å²) < 4.78 is 0. The predicted octanol–water partition coefficient (Wildman–Crippen LogP) is 3.06. The fraction of sp³-hybridized carbons (Fsp3) is 0.600. The van der Waals surface area contributed by atoms with Crippen LogP contribution >= 0.6 is 0 Å². The summed E-state index contributed by atoms with van der Waals surface area (Å²) in [4.78, 5) is 0. The molecule has 2 atom stereocenters. The molecule has 2 heteroatoms. The molecule has 1 aromatic carbocycles. The predicted molar refractivity (Wildman–Crippen MR) is 73.2 cm³/mol. The number of rotatable bonds is 6. The van der Waals surface area contributed by atoms with Crippen molar-refractivity contribution >= 4 is 0 Å². The van der Waals surface area contributed by atoms with E-state index in [0.717, 1.165) is 12.8 Å². The lowest BCUT2D eigenvalue weighted by Gasteiger charge is -2.24. The van der Waals surface area contributed by atoms with Gasteiger partial charge in [-0.1, -0.05) is 38.1 Å². The first-order chi connectivity index (χ1) is 7.98. The van der Waals surface area contributed by atoms with Crippen molar-refractivity contribution in [3.05, 3.63) is 35.4 Å². The van der Waals surface area contributed by atoms with Crippen molar-refractivity contribution in [2.75, 3.05) is 6.54 Å². The average molecular weight is 235 g/mol. The molecule has 17 heavy (non-hydrogen) atoms. The first-order valence-electron chi connectivity index (χ1n) is 6.53. The van der Waals surface area contributed by atoms with Crippen LogP contribution in [0.15, 0.2) is 24.3 Å². The van der Waals surface area contributed by atoms with Gasteiger partial charge in [-0.15, -0.1) is 0 Å². The highest BCUT2D eigenvalue weighted by atomic mass is 16.3. The zero-order valence-electron chi connectivity index (χ0n) is 11.5. The van der Waals surface area contributed by atoms with E-state index >= 15 is 0 Å². The first kappa shape index (κ1) is 14.2. The Morgan fingerprint density at radius 3 is 2.29 bits per heavy atom. The van der Waals surface area contributed by atoms with Crippen LogP contribution in [0.5, 0.6) is 0 Å². The van der Waals surface area contributed by atoms with Gasteiger partial charge in [-0.3, -0.25) is 0 Å². The summed E-state index contributed by atoms with van der Waals surface area (Å²) in [7, 11) is 0. The van der Waals surface area contributed by atoms with Crippen LogP contribution in [0.1, 0.15) is 51.3 Å². The van der Waals surface area contributed by atoms with Crippen molar-refractivity contribution in [2.45, 2.75) is 52.2 Å². The zero-order valence-corrected chi connectivity index (χ0v) is 11.5. The van der Waals surface area contributed by atoms with E-state index in [1.807, 2.05) is 13.8 Å². The van der Waals surface area contributed by atoms with Crippen LogP contribution < -0.4 is 5.32 Å². The van der Waals surface area contributed by atoms with Crippen LogP contribution in [0.4, 0.5) is 0 Å². The number of aliphatic hydroxyl groups is 1. The van der Waals surface area contributed by atoms with Gasteiger partial charge in [0.2, 0.25) is 0 Å². The zero-order chi connectivity index (χ0) is 12.9. The van der Waals surface area contributed by atoms with E-state index in [1.165, 1.54) is 11.1 Å². The standard InChI is InChI=1S/C15H25NO/c1-5-13-7-9-14(10-8-13)12(3)16-11-15(4,17)6-2/h7-10,12,16-17H,5-6,11H2,1-4H3. The van der Waals surface area contributed by atoms with E-state index in [9.17, 15) is 5.11 Å². The second-order valence-corrected chi connectivity index (χ2v) is 5.05. The summed E-state index contributed by atoms with van der Waals surface area (Å²) in [5, 5.41) is 13.3. The van der Waals surface area contributed by atoms with Crippen molar-refractivity contribution in [3.63, 3.8) is 0 Å². The van der Waals surface area contributed by atoms with E-state index in [2.05, 4.69) is 43.4 Å². The highest BCUT2D eigenvalue weighted by Crippen LogP contribution is 2.15. The Hall–Kier alpha value is -0.860. The van der Waals surface area contributed by atoms with Gasteiger partial charge in [0.1, 0.15) is 0 Å². The van der Waals surface area contributed by atoms with Crippen LogP contribution in [-0.4, -0.2) is 17.3 Å². The Morgan fingerprint density at radius 2 is 1.82 bits per heavy atom. The van der Waals surface area contributed by atoms with E-state index in [-0.39, 0.29) is 6.04 Å². The van der Waals surface area contributed by atoms with Gasteiger partial charge in [0, 0.05) is 12.6 Å². The smallest absolute Gasteiger partial charge is 0.0741 e. The van der Waals surface area contributed by atoms with Crippen molar-refractivity contribution < 1.29 is 5.11 Å². The lowest BCUT2D eigenvalue weighted by molar-refractivity contribution is 0.0533. The molecule has 0 saturated carbocycles. The highest BCUT2D eigenvalue weighted by Gasteiger charge is 2.18. The van der Waals surface area contributed by atoms with Gasteiger partial charge in [-0.25, -0.2) is 0 Å². The molecule has 0 amide bonds. The third kappa shape index (κ3) is 4.49. The number of aryl methyl sites for hydroxylation is 1. The average Bonchev–Trinajstić information content (AvgIpc) is 2.36. The molecule has 0 aliphatic carbocycles. The van der Waals surface area contributed by atoms with Crippen LogP contribution in [0.3, 0.4) is 0 Å². The molecule has 0 heterocycles. The van der Waals surface area contributed by atoms with Crippen molar-refractivity contribution in [3.8, 4) is 0 Å². The maximum atomic E-state index is 9.94. The molecule has 2 N–H and O–H groups in total. The Morgan fingerprint density at radius 1 is 1.24 bits per heavy atom. The molecule has 0 aromatic heterocycles. The number of benzene rings is 1. The quantitative estimate of drug-likeness (QED) is 0.794. The Labute approximate surface area is 105 Å². The van der Waals surface area contributed by atoms with Crippen LogP contribution in [0, 0.1) is 0 Å². The third-order valence-corrected chi connectivity index (χ3v) is 3.44. The molecule has 2 nitrogen and oxygen atoms in total. The summed E-state index contributed by atoms with van der Waals surface area (Å²) in [5.74, 6) is 0. The van der Waals surface area contributed by atoms with Crippen molar-refractivity contribution in [1.29, 1.82) is 0 Å². The molecular formula is C15H25NO. The summed E-state index contributed by atoms with van der Waals surface area (Å²) in [5.41, 5.74) is 2.02. The second-order valence-electron chi connectivity index (χ2n) is 5.05. The van der Waals surface area contributed by atoms with Crippen LogP contribution in [-0.2, 0) is 6.42 Å². The lowest BCUT2D eigenvalue weighted by Crippen LogP contribution is -2.38. The topological polar surface area (TPSA) is 32.3 Å². The molecule has 0 saturated heterocycles. The maximum Gasteiger partial charge on any atom is 0.0741 e. The van der Waals surface area contributed by atoms with Gasteiger partial charge in [0.05, 0.1) is 5.60 Å². The first-order valence-corrected chi connectivity index (χ1v) is 6.53. The Bertz CT molecular complexity index is 329. The van der Waals surface area contributed by atoms with E-state index in [0.29, 0.717) is 6.54 Å². The van der Waals surface area contributed by atoms with E-state index in [1.54, 1.807) is 0 Å². The van der Waals surface area contributed by atoms with Gasteiger partial charge in [0.25, 0.3) is 0 Å². The Balaban J connectivity index is 2.54. The molecule has 0 radical (unpaired) electrons. The highest BCUT2D eigenvalue weighted by molar-refractivity contribution is 5.24. The molecule has 0 aliphatic heterocycles. The van der Waals surface area contributed by atoms with Crippen LogP contribution in [0.2, 0.25) is 0 Å². The summed E-state index contributed by atoms with van der Waals surface area (Å²) in [6.45, 7) is 8.79. The molecule has 0 aliphatic rings. The van der Waals surface area contributed by atoms with Gasteiger partial charge < -0.3 is 10.4 Å². The largest absolute Gasteiger partial charge is 0.389 e. The SMILES string of the molecule is CCc1ccc(C(C)NCC(C)(O)CC)cc1. The normalized spacial score (nSPS) is 16.5. The van der Waals surface area contributed by atoms with Gasteiger partial charge in [-0.05, 0) is 37.8 Å². The van der Waals surface area contributed by atoms with Gasteiger partial charge in [0.15, 0.2) is 0 Å². The molecule has 0 fully saturated rings. The van der Waals surface area contributed by atoms with E-state index < -0.39 is 5.60 Å². The fourth-order valence-corrected chi connectivity index (χ4v) is 1.66. The summed E-state index contributed by atoms with van der Waals surface area (Å²) >= 11 is 0. The third-order valence-electron chi connectivity index (χ3n) is 3.44. The van der Waals surface area contributed by atoms with Crippen molar-refractivity contribution in [1.82, 2.24) is 5.32 Å². The minimum absolute atomic E-state index is 0.277. The molecule has 1 aromatic rings. The lowest BCUT2D eigenvalue weighted by atomic mass is 10.0. The molecular weight excluding hydrogens is 210 g/mol. The van der Waals surface area contributed by atoms with Gasteiger partial charge >= 0.3 is 0 Å². The number of nitrogens with one attached hydrogen (secondary N) is 1. The summed E-state index contributed by atoms with van der Waals surface area (Å²) in [6, 6.07) is 8.95. The Kier molecular flexibility index (Phi) is 5.16.